The van der Waals surface area contributed by atoms with Gasteiger partial charge in [-0.3, -0.25) is 4.57 Å². The fourth-order valence-electron chi connectivity index (χ4n) is 2.65. The molecule has 0 aliphatic heterocycles. The second-order valence-corrected chi connectivity index (χ2v) is 5.63. The van der Waals surface area contributed by atoms with Crippen LogP contribution in [0.2, 0.25) is 0 Å². The van der Waals surface area contributed by atoms with Crippen LogP contribution in [0.1, 0.15) is 0 Å². The maximum Gasteiger partial charge on any atom is 0.229 e. The van der Waals surface area contributed by atoms with Crippen molar-refractivity contribution >= 4 is 22.7 Å². The van der Waals surface area contributed by atoms with E-state index in [1.165, 1.54) is 0 Å². The molecule has 2 heterocycles. The molecule has 0 saturated carbocycles. The third kappa shape index (κ3) is 3.33. The van der Waals surface area contributed by atoms with Gasteiger partial charge in [0.1, 0.15) is 24.5 Å². The predicted molar refractivity (Wildman–Crippen MR) is 101 cm³/mol. The lowest BCUT2D eigenvalue weighted by atomic mass is 10.3. The number of nitrogens with zero attached hydrogens (tertiary/aromatic N) is 4. The van der Waals surface area contributed by atoms with Gasteiger partial charge in [0.15, 0.2) is 0 Å². The monoisotopic (exact) mass is 346 g/mol. The molecule has 0 atom stereocenters. The van der Waals surface area contributed by atoms with E-state index in [0.29, 0.717) is 19.1 Å². The van der Waals surface area contributed by atoms with Crippen LogP contribution < -0.4 is 15.8 Å². The molecule has 26 heavy (non-hydrogen) atoms. The summed E-state index contributed by atoms with van der Waals surface area (Å²) in [5.41, 5.74) is 8.23. The molecule has 7 nitrogen and oxygen atoms in total. The minimum atomic E-state index is 0.474. The number of fused-ring (bicyclic) bond motifs is 1. The summed E-state index contributed by atoms with van der Waals surface area (Å²) in [7, 11) is 0. The lowest BCUT2D eigenvalue weighted by Gasteiger charge is -2.09. The highest BCUT2D eigenvalue weighted by molar-refractivity contribution is 5.76. The van der Waals surface area contributed by atoms with Crippen LogP contribution in [0.25, 0.3) is 16.9 Å². The van der Waals surface area contributed by atoms with Crippen molar-refractivity contribution < 1.29 is 4.74 Å². The number of benzene rings is 2. The highest BCUT2D eigenvalue weighted by Crippen LogP contribution is 2.21. The topological polar surface area (TPSA) is 90.9 Å². The van der Waals surface area contributed by atoms with Gasteiger partial charge in [-0.15, -0.1) is 0 Å². The zero-order chi connectivity index (χ0) is 17.8. The van der Waals surface area contributed by atoms with E-state index >= 15 is 0 Å². The second kappa shape index (κ2) is 7.20. The van der Waals surface area contributed by atoms with E-state index in [2.05, 4.69) is 20.3 Å². The number of aromatic nitrogens is 4. The molecule has 2 aromatic carbocycles. The van der Waals surface area contributed by atoms with Crippen LogP contribution in [-0.2, 0) is 0 Å². The van der Waals surface area contributed by atoms with Gasteiger partial charge in [0.25, 0.3) is 0 Å². The number of para-hydroxylation sites is 2. The normalized spacial score (nSPS) is 10.8. The fraction of sp³-hybridized carbons (Fsp3) is 0.105. The molecule has 3 N–H and O–H groups in total. The molecule has 0 spiro atoms. The van der Waals surface area contributed by atoms with Crippen LogP contribution >= 0.6 is 0 Å². The zero-order valence-corrected chi connectivity index (χ0v) is 14.0. The highest BCUT2D eigenvalue weighted by atomic mass is 16.5. The van der Waals surface area contributed by atoms with Gasteiger partial charge in [-0.1, -0.05) is 18.2 Å². The molecule has 0 radical (unpaired) electrons. The van der Waals surface area contributed by atoms with Crippen molar-refractivity contribution in [1.82, 2.24) is 19.5 Å². The number of imidazole rings is 1. The number of nitrogens with one attached hydrogen (secondary N) is 1. The molecule has 0 aliphatic carbocycles. The summed E-state index contributed by atoms with van der Waals surface area (Å²) in [6.45, 7) is 0.949. The molecule has 7 heteroatoms. The van der Waals surface area contributed by atoms with Gasteiger partial charge in [-0.2, -0.15) is 4.98 Å². The predicted octanol–water partition coefficient (Wildman–Crippen LogP) is 2.90. The van der Waals surface area contributed by atoms with Gasteiger partial charge in [0.05, 0.1) is 11.0 Å². The smallest absolute Gasteiger partial charge is 0.229 e. The van der Waals surface area contributed by atoms with E-state index < -0.39 is 0 Å². The standard InChI is InChI=1S/C19H18N6O/c20-9-11-26-15-5-3-4-14(12-15)23-19-21-10-8-18(24-19)25-13-22-16-6-1-2-7-17(16)25/h1-8,10,12-13H,9,11,20H2,(H,21,23,24). The third-order valence-electron chi connectivity index (χ3n) is 3.82. The Balaban J connectivity index is 1.60. The van der Waals surface area contributed by atoms with Crippen molar-refractivity contribution in [1.29, 1.82) is 0 Å². The summed E-state index contributed by atoms with van der Waals surface area (Å²) < 4.78 is 7.48. The van der Waals surface area contributed by atoms with Crippen molar-refractivity contribution in [2.45, 2.75) is 0 Å². The van der Waals surface area contributed by atoms with Gasteiger partial charge in [0, 0.05) is 24.5 Å². The molecule has 4 aromatic rings. The number of anilines is 2. The summed E-state index contributed by atoms with van der Waals surface area (Å²) in [4.78, 5) is 13.3. The molecule has 130 valence electrons. The first-order valence-corrected chi connectivity index (χ1v) is 8.29. The van der Waals surface area contributed by atoms with Gasteiger partial charge in [-0.25, -0.2) is 9.97 Å². The van der Waals surface area contributed by atoms with Crippen LogP contribution in [0.15, 0.2) is 67.1 Å². The first-order chi connectivity index (χ1) is 12.8. The Hall–Kier alpha value is -3.45. The Morgan fingerprint density at radius 3 is 2.88 bits per heavy atom. The van der Waals surface area contributed by atoms with Crippen LogP contribution in [0.4, 0.5) is 11.6 Å². The van der Waals surface area contributed by atoms with E-state index in [9.17, 15) is 0 Å². The Bertz CT molecular complexity index is 1030. The van der Waals surface area contributed by atoms with Gasteiger partial charge < -0.3 is 15.8 Å². The number of nitrogens with two attached hydrogens (primary N) is 1. The Labute approximate surface area is 150 Å². The van der Waals surface area contributed by atoms with Gasteiger partial charge in [0.2, 0.25) is 5.95 Å². The molecule has 0 saturated heterocycles. The van der Waals surface area contributed by atoms with Crippen LogP contribution in [0.3, 0.4) is 0 Å². The van der Waals surface area contributed by atoms with E-state index in [1.54, 1.807) is 12.5 Å². The lowest BCUT2D eigenvalue weighted by Crippen LogP contribution is -2.10. The largest absolute Gasteiger partial charge is 0.492 e. The van der Waals surface area contributed by atoms with Crippen molar-refractivity contribution in [2.24, 2.45) is 5.73 Å². The summed E-state index contributed by atoms with van der Waals surface area (Å²) in [6.07, 6.45) is 3.48. The second-order valence-electron chi connectivity index (χ2n) is 5.63. The third-order valence-corrected chi connectivity index (χ3v) is 3.82. The fourth-order valence-corrected chi connectivity index (χ4v) is 2.65. The first-order valence-electron chi connectivity index (χ1n) is 8.29. The molecular formula is C19H18N6O. The summed E-state index contributed by atoms with van der Waals surface area (Å²) in [5, 5.41) is 3.20. The maximum absolute atomic E-state index is 5.55. The summed E-state index contributed by atoms with van der Waals surface area (Å²) >= 11 is 0. The maximum atomic E-state index is 5.55. The minimum absolute atomic E-state index is 0.474. The average molecular weight is 346 g/mol. The molecular weight excluding hydrogens is 328 g/mol. The molecule has 0 amide bonds. The molecule has 2 aromatic heterocycles. The summed E-state index contributed by atoms with van der Waals surface area (Å²) in [5.74, 6) is 1.99. The van der Waals surface area contributed by atoms with Crippen molar-refractivity contribution in [3.8, 4) is 11.6 Å². The SMILES string of the molecule is NCCOc1cccc(Nc2nccc(-n3cnc4ccccc43)n2)c1. The van der Waals surface area contributed by atoms with Gasteiger partial charge in [-0.05, 0) is 30.3 Å². The average Bonchev–Trinajstić information content (AvgIpc) is 3.11. The number of hydrogen-bond acceptors (Lipinski definition) is 6. The van der Waals surface area contributed by atoms with Crippen molar-refractivity contribution in [2.75, 3.05) is 18.5 Å². The Kier molecular flexibility index (Phi) is 4.44. The number of rotatable bonds is 6. The Morgan fingerprint density at radius 1 is 1.04 bits per heavy atom. The number of hydrogen-bond donors (Lipinski definition) is 2. The zero-order valence-electron chi connectivity index (χ0n) is 14.0. The molecule has 0 aliphatic rings. The van der Waals surface area contributed by atoms with E-state index in [0.717, 1.165) is 28.3 Å². The van der Waals surface area contributed by atoms with Crippen LogP contribution in [0.5, 0.6) is 5.75 Å². The lowest BCUT2D eigenvalue weighted by molar-refractivity contribution is 0.328. The highest BCUT2D eigenvalue weighted by Gasteiger charge is 2.07. The van der Waals surface area contributed by atoms with E-state index in [1.807, 2.05) is 59.2 Å². The van der Waals surface area contributed by atoms with E-state index in [4.69, 9.17) is 10.5 Å². The minimum Gasteiger partial charge on any atom is -0.492 e. The van der Waals surface area contributed by atoms with Crippen molar-refractivity contribution in [3.63, 3.8) is 0 Å². The Morgan fingerprint density at radius 2 is 1.96 bits per heavy atom. The molecule has 0 fully saturated rings. The molecule has 0 unspecified atom stereocenters. The molecule has 4 rings (SSSR count). The number of ether oxygens (including phenoxy) is 1. The van der Waals surface area contributed by atoms with Crippen molar-refractivity contribution in [3.05, 3.63) is 67.1 Å². The van der Waals surface area contributed by atoms with Crippen LogP contribution in [-0.4, -0.2) is 32.7 Å². The molecule has 0 bridgehead atoms. The first kappa shape index (κ1) is 16.0. The van der Waals surface area contributed by atoms with E-state index in [-0.39, 0.29) is 0 Å². The van der Waals surface area contributed by atoms with Crippen LogP contribution in [0, 0.1) is 0 Å². The van der Waals surface area contributed by atoms with Gasteiger partial charge >= 0.3 is 0 Å². The quantitative estimate of drug-likeness (QED) is 0.558. The summed E-state index contributed by atoms with van der Waals surface area (Å²) in [6, 6.07) is 17.4.